The normalized spacial score (nSPS) is 10.0. The summed E-state index contributed by atoms with van der Waals surface area (Å²) >= 11 is 4.87. The maximum absolute atomic E-state index is 11.2. The minimum Gasteiger partial charge on any atom is -0.294 e. The summed E-state index contributed by atoms with van der Waals surface area (Å²) in [6.45, 7) is 2.01. The van der Waals surface area contributed by atoms with Gasteiger partial charge in [0.15, 0.2) is 5.78 Å². The Morgan fingerprint density at radius 3 is 2.91 bits per heavy atom. The second-order valence-corrected chi connectivity index (χ2v) is 4.60. The van der Waals surface area contributed by atoms with Crippen molar-refractivity contribution >= 4 is 33.0 Å². The maximum Gasteiger partial charge on any atom is 0.163 e. The number of hydrogen-bond acceptors (Lipinski definition) is 2. The van der Waals surface area contributed by atoms with E-state index in [-0.39, 0.29) is 5.78 Å². The maximum atomic E-state index is 11.2. The van der Waals surface area contributed by atoms with Crippen molar-refractivity contribution in [3.8, 4) is 0 Å². The van der Waals surface area contributed by atoms with Crippen LogP contribution in [-0.2, 0) is 0 Å². The Morgan fingerprint density at radius 1 is 1.73 bits per heavy atom. The van der Waals surface area contributed by atoms with Gasteiger partial charge < -0.3 is 0 Å². The van der Waals surface area contributed by atoms with E-state index in [1.807, 2.05) is 18.4 Å². The number of rotatable bonds is 3. The second kappa shape index (κ2) is 4.02. The third kappa shape index (κ3) is 2.42. The molecule has 3 heteroatoms. The van der Waals surface area contributed by atoms with E-state index in [1.165, 1.54) is 0 Å². The van der Waals surface area contributed by atoms with Crippen LogP contribution < -0.4 is 0 Å². The van der Waals surface area contributed by atoms with E-state index in [9.17, 15) is 4.79 Å². The molecule has 0 unspecified atom stereocenters. The highest BCUT2D eigenvalue weighted by atomic mass is 79.9. The molecule has 0 aliphatic heterocycles. The van der Waals surface area contributed by atoms with Crippen molar-refractivity contribution in [1.82, 2.24) is 0 Å². The molecule has 0 aliphatic carbocycles. The lowest BCUT2D eigenvalue weighted by atomic mass is 10.1. The number of thiophene rings is 1. The smallest absolute Gasteiger partial charge is 0.163 e. The highest BCUT2D eigenvalue weighted by Gasteiger charge is 2.05. The van der Waals surface area contributed by atoms with Gasteiger partial charge in [-0.25, -0.2) is 0 Å². The summed E-state index contributed by atoms with van der Waals surface area (Å²) in [7, 11) is 0. The number of hydrogen-bond donors (Lipinski definition) is 0. The van der Waals surface area contributed by atoms with Crippen LogP contribution in [0.1, 0.15) is 30.1 Å². The molecule has 0 saturated heterocycles. The fraction of sp³-hybridized carbons (Fsp3) is 0.375. The number of carbonyl (C=O) groups is 1. The number of carbonyl (C=O) groups excluding carboxylic acids is 1. The Labute approximate surface area is 78.6 Å². The summed E-state index contributed by atoms with van der Waals surface area (Å²) in [4.78, 5) is 11.2. The van der Waals surface area contributed by atoms with Gasteiger partial charge >= 0.3 is 0 Å². The predicted octanol–water partition coefficient (Wildman–Crippen LogP) is 3.49. The van der Waals surface area contributed by atoms with Crippen LogP contribution in [0.2, 0.25) is 0 Å². The van der Waals surface area contributed by atoms with Crippen molar-refractivity contribution in [3.05, 3.63) is 20.8 Å². The molecule has 1 aromatic rings. The van der Waals surface area contributed by atoms with Crippen LogP contribution in [0, 0.1) is 0 Å². The van der Waals surface area contributed by atoms with Crippen LogP contribution in [0.15, 0.2) is 15.2 Å². The van der Waals surface area contributed by atoms with Crippen LogP contribution in [0.3, 0.4) is 0 Å². The zero-order valence-corrected chi connectivity index (χ0v) is 8.67. The molecule has 0 N–H and O–H groups in total. The molecule has 1 nitrogen and oxygen atoms in total. The molecule has 1 heterocycles. The lowest BCUT2D eigenvalue weighted by molar-refractivity contribution is 0.0982. The van der Waals surface area contributed by atoms with E-state index in [4.69, 9.17) is 0 Å². The first-order valence-electron chi connectivity index (χ1n) is 3.51. The molecular formula is C8H9BrOS. The summed E-state index contributed by atoms with van der Waals surface area (Å²) in [5, 5.41) is 1.89. The molecule has 0 bridgehead atoms. The molecule has 0 atom stereocenters. The summed E-state index contributed by atoms with van der Waals surface area (Å²) < 4.78 is 1.02. The molecule has 0 saturated carbocycles. The van der Waals surface area contributed by atoms with Gasteiger partial charge in [-0.15, -0.1) is 11.3 Å². The minimum absolute atomic E-state index is 0.245. The molecule has 1 rings (SSSR count). The number of Topliss-reactive ketones (excluding diaryl/α,β-unsaturated/α-hetero) is 1. The fourth-order valence-electron chi connectivity index (χ4n) is 0.828. The van der Waals surface area contributed by atoms with E-state index in [0.717, 1.165) is 15.8 Å². The predicted molar refractivity (Wildman–Crippen MR) is 51.3 cm³/mol. The van der Waals surface area contributed by atoms with Gasteiger partial charge in [-0.1, -0.05) is 6.92 Å². The largest absolute Gasteiger partial charge is 0.294 e. The van der Waals surface area contributed by atoms with Gasteiger partial charge in [-0.05, 0) is 28.4 Å². The molecule has 0 radical (unpaired) electrons. The second-order valence-electron chi connectivity index (χ2n) is 2.31. The lowest BCUT2D eigenvalue weighted by Crippen LogP contribution is -1.94. The van der Waals surface area contributed by atoms with E-state index < -0.39 is 0 Å². The van der Waals surface area contributed by atoms with E-state index in [2.05, 4.69) is 15.9 Å². The Hall–Kier alpha value is -0.150. The van der Waals surface area contributed by atoms with E-state index in [0.29, 0.717) is 6.42 Å². The standard InChI is InChI=1S/C8H9BrOS/c1-2-3-7(10)6-4-8(9)11-5-6/h4-5H,2-3H2,1H3. The van der Waals surface area contributed by atoms with Crippen molar-refractivity contribution in [2.24, 2.45) is 0 Å². The summed E-state index contributed by atoms with van der Waals surface area (Å²) in [5.74, 6) is 0.245. The molecule has 0 aromatic carbocycles. The molecule has 0 fully saturated rings. The number of halogens is 1. The van der Waals surface area contributed by atoms with Gasteiger partial charge in [0.25, 0.3) is 0 Å². The van der Waals surface area contributed by atoms with Crippen LogP contribution in [0.25, 0.3) is 0 Å². The monoisotopic (exact) mass is 232 g/mol. The molecule has 60 valence electrons. The van der Waals surface area contributed by atoms with Crippen molar-refractivity contribution in [1.29, 1.82) is 0 Å². The van der Waals surface area contributed by atoms with Crippen LogP contribution in [0.4, 0.5) is 0 Å². The molecule has 0 aliphatic rings. The van der Waals surface area contributed by atoms with E-state index in [1.54, 1.807) is 11.3 Å². The van der Waals surface area contributed by atoms with Crippen LogP contribution in [0.5, 0.6) is 0 Å². The first-order valence-corrected chi connectivity index (χ1v) is 5.18. The topological polar surface area (TPSA) is 17.1 Å². The Kier molecular flexibility index (Phi) is 3.27. The molecule has 11 heavy (non-hydrogen) atoms. The summed E-state index contributed by atoms with van der Waals surface area (Å²) in [5.41, 5.74) is 0.837. The fourth-order valence-corrected chi connectivity index (χ4v) is 1.99. The minimum atomic E-state index is 0.245. The van der Waals surface area contributed by atoms with Gasteiger partial charge in [-0.3, -0.25) is 4.79 Å². The van der Waals surface area contributed by atoms with Crippen molar-refractivity contribution in [2.75, 3.05) is 0 Å². The zero-order chi connectivity index (χ0) is 8.27. The average molecular weight is 233 g/mol. The zero-order valence-electron chi connectivity index (χ0n) is 6.26. The molecule has 1 aromatic heterocycles. The van der Waals surface area contributed by atoms with Gasteiger partial charge in [0, 0.05) is 17.4 Å². The third-order valence-electron chi connectivity index (χ3n) is 1.37. The first kappa shape index (κ1) is 8.94. The van der Waals surface area contributed by atoms with Crippen LogP contribution >= 0.6 is 27.3 Å². The summed E-state index contributed by atoms with van der Waals surface area (Å²) in [6, 6.07) is 1.88. The highest BCUT2D eigenvalue weighted by molar-refractivity contribution is 9.11. The van der Waals surface area contributed by atoms with Gasteiger partial charge in [0.2, 0.25) is 0 Å². The SMILES string of the molecule is CCCC(=O)c1csc(Br)c1. The van der Waals surface area contributed by atoms with E-state index >= 15 is 0 Å². The highest BCUT2D eigenvalue weighted by Crippen LogP contribution is 2.21. The molecular weight excluding hydrogens is 224 g/mol. The Balaban J connectivity index is 2.69. The average Bonchev–Trinajstić information content (AvgIpc) is 2.36. The molecule has 0 amide bonds. The quantitative estimate of drug-likeness (QED) is 0.730. The summed E-state index contributed by atoms with van der Waals surface area (Å²) in [6.07, 6.45) is 1.58. The first-order chi connectivity index (χ1) is 5.24. The van der Waals surface area contributed by atoms with Crippen LogP contribution in [-0.4, -0.2) is 5.78 Å². The van der Waals surface area contributed by atoms with Gasteiger partial charge in [0.1, 0.15) is 0 Å². The van der Waals surface area contributed by atoms with Crippen molar-refractivity contribution in [3.63, 3.8) is 0 Å². The number of ketones is 1. The lowest BCUT2D eigenvalue weighted by Gasteiger charge is -1.91. The van der Waals surface area contributed by atoms with Gasteiger partial charge in [-0.2, -0.15) is 0 Å². The Bertz CT molecular complexity index is 254. The van der Waals surface area contributed by atoms with Gasteiger partial charge in [0.05, 0.1) is 3.79 Å². The third-order valence-corrected chi connectivity index (χ3v) is 2.87. The molecule has 0 spiro atoms. The van der Waals surface area contributed by atoms with Crippen molar-refractivity contribution < 1.29 is 4.79 Å². The Morgan fingerprint density at radius 2 is 2.45 bits per heavy atom. The van der Waals surface area contributed by atoms with Crippen molar-refractivity contribution in [2.45, 2.75) is 19.8 Å².